The van der Waals surface area contributed by atoms with E-state index in [4.69, 9.17) is 27.6 Å². The number of rotatable bonds is 8. The van der Waals surface area contributed by atoms with Crippen molar-refractivity contribution in [3.05, 3.63) is 99.9 Å². The van der Waals surface area contributed by atoms with E-state index in [1.165, 1.54) is 0 Å². The van der Waals surface area contributed by atoms with E-state index in [2.05, 4.69) is 10.2 Å². The summed E-state index contributed by atoms with van der Waals surface area (Å²) >= 11 is 13.9. The van der Waals surface area contributed by atoms with Crippen LogP contribution in [0.1, 0.15) is 34.7 Å². The van der Waals surface area contributed by atoms with Crippen molar-refractivity contribution in [3.8, 4) is 11.5 Å². The zero-order valence-corrected chi connectivity index (χ0v) is 20.5. The summed E-state index contributed by atoms with van der Waals surface area (Å²) in [5.41, 5.74) is 2.48. The van der Waals surface area contributed by atoms with Gasteiger partial charge in [-0.05, 0) is 66.9 Å². The van der Waals surface area contributed by atoms with Crippen molar-refractivity contribution >= 4 is 40.9 Å². The van der Waals surface area contributed by atoms with E-state index in [1.54, 1.807) is 17.8 Å². The van der Waals surface area contributed by atoms with E-state index in [1.807, 2.05) is 71.6 Å². The van der Waals surface area contributed by atoms with Crippen molar-refractivity contribution in [1.82, 2.24) is 15.1 Å². The van der Waals surface area contributed by atoms with Crippen LogP contribution in [0.2, 0.25) is 10.0 Å². The smallest absolute Gasteiger partial charge is 0.254 e. The number of nitrogens with zero attached hydrogens (tertiary/aromatic N) is 3. The molecule has 0 N–H and O–H groups in total. The molecule has 1 aromatic heterocycles. The molecule has 1 saturated carbocycles. The molecule has 0 radical (unpaired) electrons. The highest BCUT2D eigenvalue weighted by Crippen LogP contribution is 2.31. The quantitative estimate of drug-likeness (QED) is 0.236. The summed E-state index contributed by atoms with van der Waals surface area (Å²) < 4.78 is 5.83. The van der Waals surface area contributed by atoms with Gasteiger partial charge in [0.25, 0.3) is 5.91 Å². The van der Waals surface area contributed by atoms with Crippen molar-refractivity contribution < 1.29 is 9.21 Å². The summed E-state index contributed by atoms with van der Waals surface area (Å²) in [5, 5.41) is 9.55. The second-order valence-corrected chi connectivity index (χ2v) is 9.98. The lowest BCUT2D eigenvalue weighted by Crippen LogP contribution is -2.32. The predicted molar refractivity (Wildman–Crippen MR) is 135 cm³/mol. The number of benzene rings is 3. The Balaban J connectivity index is 1.25. The number of carbonyl (C=O) groups excluding carboxylic acids is 1. The highest BCUT2D eigenvalue weighted by molar-refractivity contribution is 7.98. The van der Waals surface area contributed by atoms with E-state index < -0.39 is 0 Å². The summed E-state index contributed by atoms with van der Waals surface area (Å²) in [6.07, 6.45) is 1.96. The monoisotopic (exact) mass is 509 g/mol. The average molecular weight is 510 g/mol. The number of halogens is 2. The maximum absolute atomic E-state index is 13.3. The number of carbonyl (C=O) groups is 1. The minimum absolute atomic E-state index is 0.0307. The largest absolute Gasteiger partial charge is 0.419 e. The van der Waals surface area contributed by atoms with Gasteiger partial charge in [0.05, 0.1) is 17.1 Å². The molecule has 0 atom stereocenters. The SMILES string of the molecule is O=C(c1ccc(CSc2ccc(Cl)cc2)cc1)N(Cc1nnc(-c2ccccc2Cl)o1)C1CC1. The molecule has 1 fully saturated rings. The van der Waals surface area contributed by atoms with Crippen LogP contribution in [0, 0.1) is 0 Å². The van der Waals surface area contributed by atoms with Crippen molar-refractivity contribution in [1.29, 1.82) is 0 Å². The summed E-state index contributed by atoms with van der Waals surface area (Å²) in [6.45, 7) is 0.273. The molecule has 1 aliphatic rings. The summed E-state index contributed by atoms with van der Waals surface area (Å²) in [5.74, 6) is 1.53. The number of hydrogen-bond donors (Lipinski definition) is 0. The third-order valence-corrected chi connectivity index (χ3v) is 7.21. The Morgan fingerprint density at radius 2 is 1.71 bits per heavy atom. The molecular formula is C26H21Cl2N3O2S. The summed E-state index contributed by atoms with van der Waals surface area (Å²) in [4.78, 5) is 16.3. The highest BCUT2D eigenvalue weighted by Gasteiger charge is 2.34. The number of amides is 1. The van der Waals surface area contributed by atoms with Crippen LogP contribution in [0.3, 0.4) is 0 Å². The Labute approximate surface area is 212 Å². The fourth-order valence-corrected chi connectivity index (χ4v) is 4.76. The molecule has 0 saturated heterocycles. The summed E-state index contributed by atoms with van der Waals surface area (Å²) in [7, 11) is 0. The molecule has 0 aliphatic heterocycles. The summed E-state index contributed by atoms with van der Waals surface area (Å²) in [6, 6.07) is 23.1. The Morgan fingerprint density at radius 1 is 0.971 bits per heavy atom. The van der Waals surface area contributed by atoms with Crippen molar-refractivity contribution in [3.63, 3.8) is 0 Å². The first-order valence-electron chi connectivity index (χ1n) is 10.9. The maximum Gasteiger partial charge on any atom is 0.254 e. The van der Waals surface area contributed by atoms with Gasteiger partial charge in [-0.25, -0.2) is 0 Å². The van der Waals surface area contributed by atoms with Crippen molar-refractivity contribution in [2.45, 2.75) is 36.1 Å². The lowest BCUT2D eigenvalue weighted by atomic mass is 10.1. The molecule has 4 aromatic rings. The lowest BCUT2D eigenvalue weighted by molar-refractivity contribution is 0.0714. The van der Waals surface area contributed by atoms with Gasteiger partial charge in [-0.2, -0.15) is 0 Å². The van der Waals surface area contributed by atoms with Crippen LogP contribution in [0.4, 0.5) is 0 Å². The molecule has 34 heavy (non-hydrogen) atoms. The molecule has 0 unspecified atom stereocenters. The number of thioether (sulfide) groups is 1. The molecule has 1 heterocycles. The van der Waals surface area contributed by atoms with Gasteiger partial charge in [0.2, 0.25) is 11.8 Å². The van der Waals surface area contributed by atoms with Crippen LogP contribution >= 0.6 is 35.0 Å². The van der Waals surface area contributed by atoms with Gasteiger partial charge >= 0.3 is 0 Å². The van der Waals surface area contributed by atoms with Crippen molar-refractivity contribution in [2.75, 3.05) is 0 Å². The van der Waals surface area contributed by atoms with Crippen LogP contribution in [0.25, 0.3) is 11.5 Å². The third kappa shape index (κ3) is 5.46. The van der Waals surface area contributed by atoms with E-state index in [0.29, 0.717) is 27.9 Å². The fraction of sp³-hybridized carbons (Fsp3) is 0.192. The molecule has 5 rings (SSSR count). The second kappa shape index (κ2) is 10.2. The Morgan fingerprint density at radius 3 is 2.41 bits per heavy atom. The molecule has 1 amide bonds. The van der Waals surface area contributed by atoms with Crippen LogP contribution in [0.5, 0.6) is 0 Å². The molecule has 5 nitrogen and oxygen atoms in total. The highest BCUT2D eigenvalue weighted by atomic mass is 35.5. The lowest BCUT2D eigenvalue weighted by Gasteiger charge is -2.20. The Kier molecular flexibility index (Phi) is 6.90. The molecule has 0 bridgehead atoms. The third-order valence-electron chi connectivity index (χ3n) is 5.55. The normalized spacial score (nSPS) is 13.1. The maximum atomic E-state index is 13.3. The minimum atomic E-state index is -0.0307. The molecule has 172 valence electrons. The van der Waals surface area contributed by atoms with Crippen LogP contribution in [-0.2, 0) is 12.3 Å². The van der Waals surface area contributed by atoms with Gasteiger partial charge in [-0.1, -0.05) is 47.5 Å². The first kappa shape index (κ1) is 23.0. The molecule has 8 heteroatoms. The van der Waals surface area contributed by atoms with Gasteiger partial charge in [-0.15, -0.1) is 22.0 Å². The van der Waals surface area contributed by atoms with E-state index in [9.17, 15) is 4.79 Å². The second-order valence-electron chi connectivity index (χ2n) is 8.08. The van der Waals surface area contributed by atoms with Gasteiger partial charge in [0.15, 0.2) is 0 Å². The van der Waals surface area contributed by atoms with E-state index >= 15 is 0 Å². The van der Waals surface area contributed by atoms with Gasteiger partial charge in [0.1, 0.15) is 0 Å². The van der Waals surface area contributed by atoms with E-state index in [0.717, 1.165) is 34.1 Å². The zero-order chi connectivity index (χ0) is 23.5. The standard InChI is InChI=1S/C26H21Cl2N3O2S/c27-19-9-13-21(14-10-19)34-16-17-5-7-18(8-6-17)26(32)31(20-11-12-20)15-24-29-30-25(33-24)22-3-1-2-4-23(22)28/h1-10,13-14,20H,11-12,15-16H2. The Hall–Kier alpha value is -2.80. The van der Waals surface area contributed by atoms with E-state index in [-0.39, 0.29) is 18.5 Å². The minimum Gasteiger partial charge on any atom is -0.419 e. The fourth-order valence-electron chi connectivity index (χ4n) is 3.57. The Bertz CT molecular complexity index is 1290. The first-order chi connectivity index (χ1) is 16.6. The topological polar surface area (TPSA) is 59.2 Å². The van der Waals surface area contributed by atoms with Gasteiger partial charge < -0.3 is 9.32 Å². The van der Waals surface area contributed by atoms with Crippen LogP contribution in [0.15, 0.2) is 82.1 Å². The van der Waals surface area contributed by atoms with Gasteiger partial charge in [0, 0.05) is 27.3 Å². The average Bonchev–Trinajstić information content (AvgIpc) is 3.60. The molecule has 0 spiro atoms. The molecule has 3 aromatic carbocycles. The molecule has 1 aliphatic carbocycles. The number of aromatic nitrogens is 2. The zero-order valence-electron chi connectivity index (χ0n) is 18.2. The van der Waals surface area contributed by atoms with Gasteiger partial charge in [-0.3, -0.25) is 4.79 Å². The molecular weight excluding hydrogens is 489 g/mol. The van der Waals surface area contributed by atoms with Crippen molar-refractivity contribution in [2.24, 2.45) is 0 Å². The van der Waals surface area contributed by atoms with Crippen LogP contribution < -0.4 is 0 Å². The number of hydrogen-bond acceptors (Lipinski definition) is 5. The first-order valence-corrected chi connectivity index (χ1v) is 12.7. The van der Waals surface area contributed by atoms with Crippen LogP contribution in [-0.4, -0.2) is 27.0 Å². The predicted octanol–water partition coefficient (Wildman–Crippen LogP) is 7.14.